The van der Waals surface area contributed by atoms with Crippen LogP contribution in [0, 0.1) is 0 Å². The third-order valence-electron chi connectivity index (χ3n) is 6.01. The minimum atomic E-state index is -0.0917. The fourth-order valence-electron chi connectivity index (χ4n) is 4.39. The van der Waals surface area contributed by atoms with E-state index in [1.807, 2.05) is 24.3 Å². The van der Waals surface area contributed by atoms with Crippen molar-refractivity contribution in [3.05, 3.63) is 75.9 Å². The number of benzene rings is 2. The van der Waals surface area contributed by atoms with Gasteiger partial charge in [-0.15, -0.1) is 11.3 Å². The van der Waals surface area contributed by atoms with Crippen LogP contribution in [0.1, 0.15) is 18.4 Å². The van der Waals surface area contributed by atoms with Crippen LogP contribution < -0.4 is 15.6 Å². The highest BCUT2D eigenvalue weighted by atomic mass is 32.1. The van der Waals surface area contributed by atoms with Crippen LogP contribution in [0.25, 0.3) is 21.0 Å². The second kappa shape index (κ2) is 9.22. The average molecular weight is 434 g/mol. The van der Waals surface area contributed by atoms with Crippen molar-refractivity contribution in [2.45, 2.75) is 25.5 Å². The minimum Gasteiger partial charge on any atom is -0.475 e. The Bertz CT molecular complexity index is 1230. The standard InChI is InChI=1S/C25H27N3O2S/c29-24-10-8-19-7-9-20(17-22(19)27-24)30-25(28-14-12-26-13-15-28)6-2-4-18-3-1-5-23-21(18)11-16-31-23/h1,3,5,7-11,16-17,25-26H,2,4,6,12-15H2,(H,27,29). The van der Waals surface area contributed by atoms with Crippen LogP contribution >= 0.6 is 11.3 Å². The lowest BCUT2D eigenvalue weighted by atomic mass is 10.0. The molecule has 2 aromatic carbocycles. The van der Waals surface area contributed by atoms with Crippen LogP contribution in [-0.2, 0) is 6.42 Å². The number of fused-ring (bicyclic) bond motifs is 2. The Hall–Kier alpha value is -2.67. The van der Waals surface area contributed by atoms with Gasteiger partial charge in [-0.2, -0.15) is 0 Å². The van der Waals surface area contributed by atoms with Gasteiger partial charge in [-0.05, 0) is 71.3 Å². The summed E-state index contributed by atoms with van der Waals surface area (Å²) in [4.78, 5) is 17.0. The molecule has 160 valence electrons. The molecule has 1 saturated heterocycles. The molecular formula is C25H27N3O2S. The molecule has 1 atom stereocenters. The molecule has 5 nitrogen and oxygen atoms in total. The zero-order valence-corrected chi connectivity index (χ0v) is 18.3. The van der Waals surface area contributed by atoms with Crippen LogP contribution in [0.5, 0.6) is 5.75 Å². The first kappa shape index (κ1) is 20.2. The molecule has 31 heavy (non-hydrogen) atoms. The summed E-state index contributed by atoms with van der Waals surface area (Å²) >= 11 is 1.80. The van der Waals surface area contributed by atoms with Crippen molar-refractivity contribution in [2.24, 2.45) is 0 Å². The molecule has 0 radical (unpaired) electrons. The van der Waals surface area contributed by atoms with Gasteiger partial charge in [-0.1, -0.05) is 12.1 Å². The van der Waals surface area contributed by atoms with Crippen molar-refractivity contribution in [3.63, 3.8) is 0 Å². The van der Waals surface area contributed by atoms with Gasteiger partial charge >= 0.3 is 0 Å². The van der Waals surface area contributed by atoms with Gasteiger partial charge in [0, 0.05) is 43.0 Å². The summed E-state index contributed by atoms with van der Waals surface area (Å²) in [6.45, 7) is 3.93. The Morgan fingerprint density at radius 3 is 2.84 bits per heavy atom. The molecule has 6 heteroatoms. The van der Waals surface area contributed by atoms with Crippen molar-refractivity contribution in [1.29, 1.82) is 0 Å². The number of nitrogens with zero attached hydrogens (tertiary/aromatic N) is 1. The van der Waals surface area contributed by atoms with E-state index in [0.717, 1.165) is 62.1 Å². The molecule has 4 aromatic rings. The highest BCUT2D eigenvalue weighted by Gasteiger charge is 2.22. The fourth-order valence-corrected chi connectivity index (χ4v) is 5.22. The SMILES string of the molecule is O=c1ccc2ccc(OC(CCCc3cccc4sccc34)N3CCNCC3)cc2[nH]1. The van der Waals surface area contributed by atoms with Crippen LogP contribution in [-0.4, -0.2) is 42.3 Å². The lowest BCUT2D eigenvalue weighted by molar-refractivity contribution is 0.00977. The number of aromatic amines is 1. The van der Waals surface area contributed by atoms with Gasteiger partial charge in [0.2, 0.25) is 5.56 Å². The normalized spacial score (nSPS) is 16.0. The Kier molecular flexibility index (Phi) is 6.02. The number of hydrogen-bond donors (Lipinski definition) is 2. The van der Waals surface area contributed by atoms with Crippen molar-refractivity contribution in [1.82, 2.24) is 15.2 Å². The minimum absolute atomic E-state index is 0.0247. The molecule has 1 fully saturated rings. The molecular weight excluding hydrogens is 406 g/mol. The average Bonchev–Trinajstić information content (AvgIpc) is 3.28. The van der Waals surface area contributed by atoms with Gasteiger partial charge in [0.1, 0.15) is 5.75 Å². The van der Waals surface area contributed by atoms with Crippen LogP contribution in [0.15, 0.2) is 64.8 Å². The van der Waals surface area contributed by atoms with Crippen LogP contribution in [0.2, 0.25) is 0 Å². The van der Waals surface area contributed by atoms with E-state index >= 15 is 0 Å². The number of piperazine rings is 1. The zero-order valence-electron chi connectivity index (χ0n) is 17.5. The monoisotopic (exact) mass is 433 g/mol. The third kappa shape index (κ3) is 4.66. The van der Waals surface area contributed by atoms with Crippen molar-refractivity contribution in [2.75, 3.05) is 26.2 Å². The molecule has 0 saturated carbocycles. The smallest absolute Gasteiger partial charge is 0.248 e. The summed E-state index contributed by atoms with van der Waals surface area (Å²) in [5.41, 5.74) is 2.14. The number of ether oxygens (including phenoxy) is 1. The molecule has 1 unspecified atom stereocenters. The van der Waals surface area contributed by atoms with E-state index in [1.54, 1.807) is 17.4 Å². The fraction of sp³-hybridized carbons (Fsp3) is 0.320. The van der Waals surface area contributed by atoms with E-state index in [4.69, 9.17) is 4.74 Å². The molecule has 2 N–H and O–H groups in total. The Morgan fingerprint density at radius 2 is 1.94 bits per heavy atom. The van der Waals surface area contributed by atoms with E-state index in [2.05, 4.69) is 44.8 Å². The van der Waals surface area contributed by atoms with Gasteiger partial charge in [-0.25, -0.2) is 0 Å². The maximum Gasteiger partial charge on any atom is 0.248 e. The summed E-state index contributed by atoms with van der Waals surface area (Å²) in [5, 5.41) is 7.99. The maximum absolute atomic E-state index is 11.7. The number of H-pyrrole nitrogens is 1. The number of thiophene rings is 1. The maximum atomic E-state index is 11.7. The first-order valence-electron chi connectivity index (χ1n) is 11.0. The first-order chi connectivity index (χ1) is 15.3. The lowest BCUT2D eigenvalue weighted by Crippen LogP contribution is -2.50. The topological polar surface area (TPSA) is 57.4 Å². The van der Waals surface area contributed by atoms with Gasteiger partial charge in [0.05, 0.1) is 5.52 Å². The van der Waals surface area contributed by atoms with E-state index < -0.39 is 0 Å². The molecule has 3 heterocycles. The molecule has 5 rings (SSSR count). The predicted octanol–water partition coefficient (Wildman–Crippen LogP) is 4.38. The van der Waals surface area contributed by atoms with Gasteiger partial charge in [0.15, 0.2) is 6.23 Å². The first-order valence-corrected chi connectivity index (χ1v) is 11.8. The molecule has 0 bridgehead atoms. The second-order valence-corrected chi connectivity index (χ2v) is 9.02. The second-order valence-electron chi connectivity index (χ2n) is 8.07. The van der Waals surface area contributed by atoms with Gasteiger partial charge in [0.25, 0.3) is 0 Å². The number of pyridine rings is 1. The number of aromatic nitrogens is 1. The predicted molar refractivity (Wildman–Crippen MR) is 128 cm³/mol. The largest absolute Gasteiger partial charge is 0.475 e. The zero-order chi connectivity index (χ0) is 21.0. The number of aryl methyl sites for hydroxylation is 1. The van der Waals surface area contributed by atoms with E-state index in [1.165, 1.54) is 15.6 Å². The van der Waals surface area contributed by atoms with Gasteiger partial charge in [-0.3, -0.25) is 9.69 Å². The molecule has 1 aliphatic rings. The summed E-state index contributed by atoms with van der Waals surface area (Å²) < 4.78 is 7.85. The van der Waals surface area contributed by atoms with Gasteiger partial charge < -0.3 is 15.0 Å². The Labute approximate surface area is 185 Å². The number of rotatable bonds is 7. The molecule has 1 aliphatic heterocycles. The number of nitrogens with one attached hydrogen (secondary N) is 2. The molecule has 0 spiro atoms. The van der Waals surface area contributed by atoms with Crippen LogP contribution in [0.3, 0.4) is 0 Å². The van der Waals surface area contributed by atoms with E-state index in [-0.39, 0.29) is 11.8 Å². The van der Waals surface area contributed by atoms with E-state index in [0.29, 0.717) is 0 Å². The number of hydrogen-bond acceptors (Lipinski definition) is 5. The van der Waals surface area contributed by atoms with E-state index in [9.17, 15) is 4.79 Å². The molecule has 0 amide bonds. The Morgan fingerprint density at radius 1 is 1.06 bits per heavy atom. The highest BCUT2D eigenvalue weighted by Crippen LogP contribution is 2.26. The summed E-state index contributed by atoms with van der Waals surface area (Å²) in [5.74, 6) is 0.804. The van der Waals surface area contributed by atoms with Crippen LogP contribution in [0.4, 0.5) is 0 Å². The van der Waals surface area contributed by atoms with Crippen molar-refractivity contribution >= 4 is 32.3 Å². The summed E-state index contributed by atoms with van der Waals surface area (Å²) in [7, 11) is 0. The third-order valence-corrected chi connectivity index (χ3v) is 6.89. The molecule has 0 aliphatic carbocycles. The quantitative estimate of drug-likeness (QED) is 0.454. The lowest BCUT2D eigenvalue weighted by Gasteiger charge is -2.35. The molecule has 2 aromatic heterocycles. The van der Waals surface area contributed by atoms with Crippen molar-refractivity contribution < 1.29 is 4.74 Å². The van der Waals surface area contributed by atoms with Crippen molar-refractivity contribution in [3.8, 4) is 5.75 Å². The Balaban J connectivity index is 1.32. The highest BCUT2D eigenvalue weighted by molar-refractivity contribution is 7.17. The summed E-state index contributed by atoms with van der Waals surface area (Å²) in [6.07, 6.45) is 3.10. The summed E-state index contributed by atoms with van der Waals surface area (Å²) in [6, 6.07) is 18.2.